The fourth-order valence-corrected chi connectivity index (χ4v) is 1.86. The summed E-state index contributed by atoms with van der Waals surface area (Å²) in [6.07, 6.45) is 0.756. The van der Waals surface area contributed by atoms with Crippen LogP contribution in [0.15, 0.2) is 48.5 Å². The van der Waals surface area contributed by atoms with E-state index in [4.69, 9.17) is 4.74 Å². The van der Waals surface area contributed by atoms with Crippen molar-refractivity contribution in [2.24, 2.45) is 0 Å². The van der Waals surface area contributed by atoms with Crippen molar-refractivity contribution in [1.82, 2.24) is 5.32 Å². The van der Waals surface area contributed by atoms with Crippen molar-refractivity contribution in [2.45, 2.75) is 13.3 Å². The van der Waals surface area contributed by atoms with Gasteiger partial charge in [0.05, 0.1) is 0 Å². The summed E-state index contributed by atoms with van der Waals surface area (Å²) in [5, 5.41) is 2.75. The monoisotopic (exact) mass is 287 g/mol. The van der Waals surface area contributed by atoms with Gasteiger partial charge in [0, 0.05) is 6.54 Å². The van der Waals surface area contributed by atoms with Gasteiger partial charge in [-0.05, 0) is 31.0 Å². The quantitative estimate of drug-likeness (QED) is 0.887. The number of hydrogen-bond donors (Lipinski definition) is 1. The summed E-state index contributed by atoms with van der Waals surface area (Å²) in [6, 6.07) is 14.2. The Hall–Kier alpha value is -2.36. The zero-order chi connectivity index (χ0) is 15.1. The molecule has 0 atom stereocenters. The van der Waals surface area contributed by atoms with Crippen molar-refractivity contribution < 1.29 is 13.9 Å². The van der Waals surface area contributed by atoms with Gasteiger partial charge in [0.2, 0.25) is 0 Å². The first-order valence-electron chi connectivity index (χ1n) is 6.85. The van der Waals surface area contributed by atoms with E-state index in [9.17, 15) is 9.18 Å². The van der Waals surface area contributed by atoms with E-state index in [0.717, 1.165) is 12.0 Å². The van der Waals surface area contributed by atoms with Gasteiger partial charge in [0.15, 0.2) is 18.2 Å². The molecule has 2 aromatic carbocycles. The molecule has 0 aliphatic carbocycles. The van der Waals surface area contributed by atoms with Crippen LogP contribution in [-0.2, 0) is 11.2 Å². The highest BCUT2D eigenvalue weighted by molar-refractivity contribution is 5.77. The number of rotatable bonds is 6. The van der Waals surface area contributed by atoms with E-state index in [2.05, 4.69) is 5.32 Å². The third-order valence-corrected chi connectivity index (χ3v) is 3.05. The molecule has 0 aliphatic rings. The van der Waals surface area contributed by atoms with E-state index in [0.29, 0.717) is 6.54 Å². The zero-order valence-corrected chi connectivity index (χ0v) is 11.9. The van der Waals surface area contributed by atoms with Crippen LogP contribution in [0.3, 0.4) is 0 Å². The standard InChI is InChI=1S/C17H18FNO2/c1-13-6-8-14(9-7-13)10-11-19-17(20)12-21-16-5-3-2-4-15(16)18/h2-9H,10-12H2,1H3,(H,19,20). The number of nitrogens with one attached hydrogen (secondary N) is 1. The Morgan fingerprint density at radius 2 is 1.86 bits per heavy atom. The normalized spacial score (nSPS) is 10.2. The number of carbonyl (C=O) groups excluding carboxylic acids is 1. The lowest BCUT2D eigenvalue weighted by atomic mass is 10.1. The molecule has 0 spiro atoms. The maximum atomic E-state index is 13.3. The van der Waals surface area contributed by atoms with Crippen molar-refractivity contribution in [1.29, 1.82) is 0 Å². The minimum absolute atomic E-state index is 0.0891. The number of amides is 1. The van der Waals surface area contributed by atoms with Gasteiger partial charge in [-0.3, -0.25) is 4.79 Å². The van der Waals surface area contributed by atoms with Crippen LogP contribution in [0.1, 0.15) is 11.1 Å². The lowest BCUT2D eigenvalue weighted by molar-refractivity contribution is -0.123. The molecule has 3 nitrogen and oxygen atoms in total. The summed E-state index contributed by atoms with van der Waals surface area (Å²) in [6.45, 7) is 2.38. The second-order valence-electron chi connectivity index (χ2n) is 4.80. The van der Waals surface area contributed by atoms with E-state index in [1.165, 1.54) is 17.7 Å². The lowest BCUT2D eigenvalue weighted by Crippen LogP contribution is -2.30. The molecule has 0 saturated heterocycles. The molecule has 0 unspecified atom stereocenters. The van der Waals surface area contributed by atoms with Crippen molar-refractivity contribution in [2.75, 3.05) is 13.2 Å². The number of aryl methyl sites for hydroxylation is 1. The summed E-state index contributed by atoms with van der Waals surface area (Å²) >= 11 is 0. The number of carbonyl (C=O) groups is 1. The fourth-order valence-electron chi connectivity index (χ4n) is 1.86. The molecule has 2 aromatic rings. The van der Waals surface area contributed by atoms with Crippen molar-refractivity contribution in [3.8, 4) is 5.75 Å². The van der Waals surface area contributed by atoms with E-state index in [1.54, 1.807) is 12.1 Å². The molecule has 2 rings (SSSR count). The Labute approximate surface area is 123 Å². The molecule has 0 bridgehead atoms. The van der Waals surface area contributed by atoms with Gasteiger partial charge in [0.25, 0.3) is 5.91 Å². The van der Waals surface area contributed by atoms with Gasteiger partial charge in [-0.1, -0.05) is 42.0 Å². The molecule has 0 radical (unpaired) electrons. The average Bonchev–Trinajstić information content (AvgIpc) is 2.48. The fraction of sp³-hybridized carbons (Fsp3) is 0.235. The highest BCUT2D eigenvalue weighted by Gasteiger charge is 2.05. The molecule has 0 heterocycles. The van der Waals surface area contributed by atoms with Gasteiger partial charge in [-0.25, -0.2) is 4.39 Å². The number of halogens is 1. The lowest BCUT2D eigenvalue weighted by Gasteiger charge is -2.08. The van der Waals surface area contributed by atoms with Crippen LogP contribution >= 0.6 is 0 Å². The van der Waals surface area contributed by atoms with E-state index in [1.807, 2.05) is 31.2 Å². The zero-order valence-electron chi connectivity index (χ0n) is 11.9. The minimum Gasteiger partial charge on any atom is -0.481 e. The van der Waals surface area contributed by atoms with Gasteiger partial charge in [0.1, 0.15) is 0 Å². The highest BCUT2D eigenvalue weighted by atomic mass is 19.1. The Morgan fingerprint density at radius 3 is 2.57 bits per heavy atom. The first-order valence-corrected chi connectivity index (χ1v) is 6.85. The van der Waals surface area contributed by atoms with Crippen LogP contribution in [0.5, 0.6) is 5.75 Å². The van der Waals surface area contributed by atoms with E-state index < -0.39 is 5.82 Å². The second-order valence-corrected chi connectivity index (χ2v) is 4.80. The third kappa shape index (κ3) is 4.91. The van der Waals surface area contributed by atoms with Crippen LogP contribution in [-0.4, -0.2) is 19.1 Å². The van der Waals surface area contributed by atoms with Crippen molar-refractivity contribution in [3.05, 3.63) is 65.5 Å². The van der Waals surface area contributed by atoms with Crippen molar-refractivity contribution >= 4 is 5.91 Å². The van der Waals surface area contributed by atoms with E-state index in [-0.39, 0.29) is 18.3 Å². The molecule has 1 amide bonds. The average molecular weight is 287 g/mol. The maximum absolute atomic E-state index is 13.3. The molecule has 110 valence electrons. The summed E-state index contributed by atoms with van der Waals surface area (Å²) in [5.74, 6) is -0.637. The molecule has 4 heteroatoms. The van der Waals surface area contributed by atoms with Gasteiger partial charge < -0.3 is 10.1 Å². The molecule has 1 N–H and O–H groups in total. The molecular formula is C17H18FNO2. The summed E-state index contributed by atoms with van der Waals surface area (Å²) in [4.78, 5) is 11.6. The van der Waals surface area contributed by atoms with Crippen LogP contribution in [0.25, 0.3) is 0 Å². The maximum Gasteiger partial charge on any atom is 0.257 e. The van der Waals surface area contributed by atoms with Crippen LogP contribution < -0.4 is 10.1 Å². The molecule has 0 aromatic heterocycles. The second kappa shape index (κ2) is 7.43. The summed E-state index contributed by atoms with van der Waals surface area (Å²) < 4.78 is 18.4. The summed E-state index contributed by atoms with van der Waals surface area (Å²) in [5.41, 5.74) is 2.37. The summed E-state index contributed by atoms with van der Waals surface area (Å²) in [7, 11) is 0. The number of benzene rings is 2. The Balaban J connectivity index is 1.70. The third-order valence-electron chi connectivity index (χ3n) is 3.05. The topological polar surface area (TPSA) is 38.3 Å². The molecule has 0 fully saturated rings. The largest absolute Gasteiger partial charge is 0.481 e. The molecule has 21 heavy (non-hydrogen) atoms. The predicted molar refractivity (Wildman–Crippen MR) is 79.8 cm³/mol. The molecule has 0 saturated carbocycles. The molecule has 0 aliphatic heterocycles. The first kappa shape index (κ1) is 15.0. The highest BCUT2D eigenvalue weighted by Crippen LogP contribution is 2.14. The van der Waals surface area contributed by atoms with Crippen molar-refractivity contribution in [3.63, 3.8) is 0 Å². The Kier molecular flexibility index (Phi) is 5.32. The number of hydrogen-bond acceptors (Lipinski definition) is 2. The van der Waals surface area contributed by atoms with Gasteiger partial charge >= 0.3 is 0 Å². The Bertz CT molecular complexity index is 596. The van der Waals surface area contributed by atoms with Crippen LogP contribution in [0, 0.1) is 12.7 Å². The van der Waals surface area contributed by atoms with Crippen LogP contribution in [0.4, 0.5) is 4.39 Å². The Morgan fingerprint density at radius 1 is 1.14 bits per heavy atom. The van der Waals surface area contributed by atoms with Gasteiger partial charge in [-0.2, -0.15) is 0 Å². The predicted octanol–water partition coefficient (Wildman–Crippen LogP) is 2.87. The smallest absolute Gasteiger partial charge is 0.257 e. The van der Waals surface area contributed by atoms with E-state index >= 15 is 0 Å². The SMILES string of the molecule is Cc1ccc(CCNC(=O)COc2ccccc2F)cc1. The molecular weight excluding hydrogens is 269 g/mol. The minimum atomic E-state index is -0.468. The number of para-hydroxylation sites is 1. The van der Waals surface area contributed by atoms with Crippen LogP contribution in [0.2, 0.25) is 0 Å². The first-order chi connectivity index (χ1) is 10.1. The van der Waals surface area contributed by atoms with Gasteiger partial charge in [-0.15, -0.1) is 0 Å². The number of ether oxygens (including phenoxy) is 1.